The number of amides is 1. The van der Waals surface area contributed by atoms with Gasteiger partial charge in [0.25, 0.3) is 5.91 Å². The van der Waals surface area contributed by atoms with Gasteiger partial charge >= 0.3 is 0 Å². The number of ether oxygens (including phenoxy) is 2. The standard InChI is InChI=1S/C22H29N3O3/c1-15-18(12-23-25(15)22(2,3)4)21(26)24(17-7-5-6-8-17)13-16-9-10-19-20(11-16)28-14-27-19/h9-12,17H,5-8,13-14H2,1-4H3. The van der Waals surface area contributed by atoms with Gasteiger partial charge in [0.1, 0.15) is 0 Å². The summed E-state index contributed by atoms with van der Waals surface area (Å²) < 4.78 is 12.9. The van der Waals surface area contributed by atoms with E-state index in [1.807, 2.05) is 34.7 Å². The van der Waals surface area contributed by atoms with Crippen LogP contribution >= 0.6 is 0 Å². The molecule has 1 aromatic heterocycles. The first-order valence-electron chi connectivity index (χ1n) is 10.1. The highest BCUT2D eigenvalue weighted by molar-refractivity contribution is 5.95. The number of carbonyl (C=O) groups is 1. The summed E-state index contributed by atoms with van der Waals surface area (Å²) in [5.74, 6) is 1.59. The zero-order valence-electron chi connectivity index (χ0n) is 17.2. The van der Waals surface area contributed by atoms with Crippen LogP contribution in [0.4, 0.5) is 0 Å². The van der Waals surface area contributed by atoms with E-state index in [-0.39, 0.29) is 24.3 Å². The Morgan fingerprint density at radius 3 is 2.61 bits per heavy atom. The first-order chi connectivity index (χ1) is 13.3. The van der Waals surface area contributed by atoms with Crippen molar-refractivity contribution in [1.29, 1.82) is 0 Å². The summed E-state index contributed by atoms with van der Waals surface area (Å²) in [5.41, 5.74) is 2.53. The fraction of sp³-hybridized carbons (Fsp3) is 0.545. The molecule has 0 bridgehead atoms. The predicted molar refractivity (Wildman–Crippen MR) is 107 cm³/mol. The van der Waals surface area contributed by atoms with E-state index >= 15 is 0 Å². The second-order valence-electron chi connectivity index (χ2n) is 8.79. The Morgan fingerprint density at radius 2 is 1.93 bits per heavy atom. The van der Waals surface area contributed by atoms with E-state index in [0.717, 1.165) is 35.6 Å². The second kappa shape index (κ2) is 7.15. The van der Waals surface area contributed by atoms with Gasteiger partial charge in [-0.25, -0.2) is 0 Å². The van der Waals surface area contributed by atoms with E-state index in [1.165, 1.54) is 12.8 Å². The minimum Gasteiger partial charge on any atom is -0.454 e. The highest BCUT2D eigenvalue weighted by Gasteiger charge is 2.31. The molecule has 1 saturated carbocycles. The van der Waals surface area contributed by atoms with Gasteiger partial charge in [0.2, 0.25) is 6.79 Å². The average Bonchev–Trinajstić information content (AvgIpc) is 3.38. The monoisotopic (exact) mass is 383 g/mol. The summed E-state index contributed by atoms with van der Waals surface area (Å²) in [6.07, 6.45) is 6.20. The molecule has 1 fully saturated rings. The van der Waals surface area contributed by atoms with Gasteiger partial charge < -0.3 is 14.4 Å². The van der Waals surface area contributed by atoms with Gasteiger partial charge in [-0.15, -0.1) is 0 Å². The molecule has 28 heavy (non-hydrogen) atoms. The lowest BCUT2D eigenvalue weighted by atomic mass is 10.1. The first kappa shape index (κ1) is 18.8. The lowest BCUT2D eigenvalue weighted by molar-refractivity contribution is 0.0663. The third-order valence-corrected chi connectivity index (χ3v) is 5.69. The molecular weight excluding hydrogens is 354 g/mol. The van der Waals surface area contributed by atoms with Crippen LogP contribution in [0.15, 0.2) is 24.4 Å². The summed E-state index contributed by atoms with van der Waals surface area (Å²) in [6.45, 7) is 9.11. The van der Waals surface area contributed by atoms with Crippen LogP contribution in [0.3, 0.4) is 0 Å². The molecule has 1 amide bonds. The van der Waals surface area contributed by atoms with Gasteiger partial charge in [-0.3, -0.25) is 9.48 Å². The molecule has 2 heterocycles. The van der Waals surface area contributed by atoms with E-state index in [2.05, 4.69) is 25.9 Å². The molecule has 0 unspecified atom stereocenters. The topological polar surface area (TPSA) is 56.6 Å². The molecule has 0 atom stereocenters. The minimum absolute atomic E-state index is 0.0672. The smallest absolute Gasteiger partial charge is 0.257 e. The Labute approximate surface area is 166 Å². The van der Waals surface area contributed by atoms with Crippen molar-refractivity contribution < 1.29 is 14.3 Å². The van der Waals surface area contributed by atoms with Gasteiger partial charge in [-0.2, -0.15) is 5.10 Å². The highest BCUT2D eigenvalue weighted by Crippen LogP contribution is 2.34. The average molecular weight is 383 g/mol. The van der Waals surface area contributed by atoms with Crippen LogP contribution in [-0.2, 0) is 12.1 Å². The maximum atomic E-state index is 13.5. The molecule has 4 rings (SSSR count). The summed E-state index contributed by atoms with van der Waals surface area (Å²) in [6, 6.07) is 6.21. The lowest BCUT2D eigenvalue weighted by Crippen LogP contribution is -2.38. The number of benzene rings is 1. The zero-order chi connectivity index (χ0) is 19.9. The van der Waals surface area contributed by atoms with Crippen molar-refractivity contribution in [2.24, 2.45) is 0 Å². The summed E-state index contributed by atoms with van der Waals surface area (Å²) in [5, 5.41) is 4.50. The molecule has 2 aromatic rings. The van der Waals surface area contributed by atoms with Crippen molar-refractivity contribution in [2.45, 2.75) is 71.5 Å². The molecule has 1 aliphatic heterocycles. The molecule has 0 spiro atoms. The Hall–Kier alpha value is -2.50. The molecule has 150 valence electrons. The molecule has 1 aromatic carbocycles. The molecule has 2 aliphatic rings. The fourth-order valence-electron chi connectivity index (χ4n) is 4.27. The Morgan fingerprint density at radius 1 is 1.21 bits per heavy atom. The van der Waals surface area contributed by atoms with Crippen LogP contribution in [-0.4, -0.2) is 33.4 Å². The number of nitrogens with zero attached hydrogens (tertiary/aromatic N) is 3. The van der Waals surface area contributed by atoms with Crippen molar-refractivity contribution >= 4 is 5.91 Å². The highest BCUT2D eigenvalue weighted by atomic mass is 16.7. The van der Waals surface area contributed by atoms with Gasteiger partial charge in [-0.05, 0) is 58.2 Å². The first-order valence-corrected chi connectivity index (χ1v) is 10.1. The fourth-order valence-corrected chi connectivity index (χ4v) is 4.27. The van der Waals surface area contributed by atoms with E-state index in [9.17, 15) is 4.79 Å². The number of hydrogen-bond acceptors (Lipinski definition) is 4. The van der Waals surface area contributed by atoms with Gasteiger partial charge in [0, 0.05) is 18.3 Å². The van der Waals surface area contributed by atoms with Crippen molar-refractivity contribution in [3.8, 4) is 11.5 Å². The van der Waals surface area contributed by atoms with Crippen molar-refractivity contribution in [2.75, 3.05) is 6.79 Å². The number of hydrogen-bond donors (Lipinski definition) is 0. The van der Waals surface area contributed by atoms with Crippen LogP contribution in [0.1, 0.15) is 68.1 Å². The quantitative estimate of drug-likeness (QED) is 0.792. The third kappa shape index (κ3) is 3.48. The number of carbonyl (C=O) groups excluding carboxylic acids is 1. The lowest BCUT2D eigenvalue weighted by Gasteiger charge is -2.29. The molecule has 1 aliphatic carbocycles. The van der Waals surface area contributed by atoms with Gasteiger partial charge in [0.05, 0.1) is 17.3 Å². The molecule has 6 nitrogen and oxygen atoms in total. The SMILES string of the molecule is Cc1c(C(=O)N(Cc2ccc3c(c2)OCO3)C2CCCC2)cnn1C(C)(C)C. The van der Waals surface area contributed by atoms with E-state index in [0.29, 0.717) is 12.1 Å². The summed E-state index contributed by atoms with van der Waals surface area (Å²) in [7, 11) is 0. The van der Waals surface area contributed by atoms with Gasteiger partial charge in [-0.1, -0.05) is 18.9 Å². The molecule has 0 saturated heterocycles. The maximum Gasteiger partial charge on any atom is 0.257 e. The van der Waals surface area contributed by atoms with Crippen molar-refractivity contribution in [1.82, 2.24) is 14.7 Å². The third-order valence-electron chi connectivity index (χ3n) is 5.69. The van der Waals surface area contributed by atoms with Crippen molar-refractivity contribution in [3.63, 3.8) is 0 Å². The van der Waals surface area contributed by atoms with Crippen molar-refractivity contribution in [3.05, 3.63) is 41.2 Å². The minimum atomic E-state index is -0.155. The summed E-state index contributed by atoms with van der Waals surface area (Å²) >= 11 is 0. The van der Waals surface area contributed by atoms with E-state index < -0.39 is 0 Å². The van der Waals surface area contributed by atoms with Crippen LogP contribution < -0.4 is 9.47 Å². The number of rotatable bonds is 4. The Balaban J connectivity index is 1.63. The molecule has 0 radical (unpaired) electrons. The molecular formula is C22H29N3O3. The van der Waals surface area contributed by atoms with E-state index in [4.69, 9.17) is 9.47 Å². The van der Waals surface area contributed by atoms with Crippen LogP contribution in [0, 0.1) is 6.92 Å². The van der Waals surface area contributed by atoms with Crippen LogP contribution in [0.25, 0.3) is 0 Å². The van der Waals surface area contributed by atoms with E-state index in [1.54, 1.807) is 6.20 Å². The van der Waals surface area contributed by atoms with Crippen LogP contribution in [0.5, 0.6) is 11.5 Å². The Kier molecular flexibility index (Phi) is 4.81. The normalized spacial score (nSPS) is 16.6. The molecule has 6 heteroatoms. The van der Waals surface area contributed by atoms with Crippen LogP contribution in [0.2, 0.25) is 0 Å². The molecule has 0 N–H and O–H groups in total. The predicted octanol–water partition coefficient (Wildman–Crippen LogP) is 4.26. The largest absolute Gasteiger partial charge is 0.454 e. The number of aromatic nitrogens is 2. The summed E-state index contributed by atoms with van der Waals surface area (Å²) in [4.78, 5) is 15.6. The number of fused-ring (bicyclic) bond motifs is 1. The van der Waals surface area contributed by atoms with Gasteiger partial charge in [0.15, 0.2) is 11.5 Å². The second-order valence-corrected chi connectivity index (χ2v) is 8.79. The maximum absolute atomic E-state index is 13.5. The Bertz CT molecular complexity index is 876. The zero-order valence-corrected chi connectivity index (χ0v) is 17.2.